The highest BCUT2D eigenvalue weighted by molar-refractivity contribution is 7.15. The Morgan fingerprint density at radius 2 is 2.05 bits per heavy atom. The maximum Gasteiger partial charge on any atom is 0.445 e. The average molecular weight is 308 g/mol. The Bertz CT molecular complexity index is 476. The highest BCUT2D eigenvalue weighted by atomic mass is 32.1. The fraction of sp³-hybridized carbons (Fsp3) is 0.727. The molecule has 0 atom stereocenters. The Morgan fingerprint density at radius 1 is 1.30 bits per heavy atom. The fourth-order valence-electron chi connectivity index (χ4n) is 2.05. The van der Waals surface area contributed by atoms with E-state index in [1.165, 1.54) is 0 Å². The molecule has 0 bridgehead atoms. The predicted molar refractivity (Wildman–Crippen MR) is 68.6 cm³/mol. The van der Waals surface area contributed by atoms with Crippen LogP contribution in [0.25, 0.3) is 0 Å². The monoisotopic (exact) mass is 308 g/mol. The minimum atomic E-state index is -4.49. The molecule has 5 nitrogen and oxygen atoms in total. The van der Waals surface area contributed by atoms with Crippen LogP contribution >= 0.6 is 11.3 Å². The zero-order valence-electron chi connectivity index (χ0n) is 11.0. The van der Waals surface area contributed by atoms with Gasteiger partial charge in [-0.3, -0.25) is 4.79 Å². The van der Waals surface area contributed by atoms with Gasteiger partial charge in [-0.2, -0.15) is 13.2 Å². The van der Waals surface area contributed by atoms with Gasteiger partial charge in [0.15, 0.2) is 0 Å². The molecule has 1 fully saturated rings. The van der Waals surface area contributed by atoms with Crippen LogP contribution in [0.3, 0.4) is 0 Å². The van der Waals surface area contributed by atoms with E-state index in [0.29, 0.717) is 37.4 Å². The number of carbonyl (C=O) groups excluding carboxylic acids is 1. The maximum absolute atomic E-state index is 12.5. The molecule has 0 unspecified atom stereocenters. The summed E-state index contributed by atoms with van der Waals surface area (Å²) in [5.74, 6) is -0.0758. The molecule has 1 aromatic rings. The number of rotatable bonds is 3. The molecule has 0 N–H and O–H groups in total. The number of aromatic nitrogens is 2. The molecule has 1 aliphatic heterocycles. The van der Waals surface area contributed by atoms with Gasteiger partial charge in [0.1, 0.15) is 0 Å². The van der Waals surface area contributed by atoms with Crippen LogP contribution < -0.4 is 4.90 Å². The van der Waals surface area contributed by atoms with Gasteiger partial charge in [-0.1, -0.05) is 18.3 Å². The van der Waals surface area contributed by atoms with Crippen molar-refractivity contribution in [3.05, 3.63) is 5.01 Å². The van der Waals surface area contributed by atoms with Gasteiger partial charge >= 0.3 is 6.18 Å². The molecule has 2 rings (SSSR count). The molecule has 112 valence electrons. The van der Waals surface area contributed by atoms with E-state index in [-0.39, 0.29) is 17.6 Å². The topological polar surface area (TPSA) is 49.3 Å². The largest absolute Gasteiger partial charge is 0.445 e. The highest BCUT2D eigenvalue weighted by Crippen LogP contribution is 2.34. The molecular formula is C11H15F3N4OS. The van der Waals surface area contributed by atoms with Gasteiger partial charge < -0.3 is 9.80 Å². The first-order valence-electron chi connectivity index (χ1n) is 6.35. The van der Waals surface area contributed by atoms with Crippen molar-refractivity contribution in [3.63, 3.8) is 0 Å². The molecule has 9 heteroatoms. The van der Waals surface area contributed by atoms with E-state index >= 15 is 0 Å². The zero-order chi connectivity index (χ0) is 14.8. The summed E-state index contributed by atoms with van der Waals surface area (Å²) in [5.41, 5.74) is 0. The normalized spacial score (nSPS) is 17.5. The van der Waals surface area contributed by atoms with Gasteiger partial charge in [0.25, 0.3) is 0 Å². The van der Waals surface area contributed by atoms with Crippen LogP contribution in [0.2, 0.25) is 0 Å². The summed E-state index contributed by atoms with van der Waals surface area (Å²) >= 11 is 0.480. The van der Waals surface area contributed by atoms with Gasteiger partial charge in [-0.05, 0) is 12.8 Å². The molecule has 1 aliphatic rings. The number of hydrogen-bond donors (Lipinski definition) is 0. The summed E-state index contributed by atoms with van der Waals surface area (Å²) in [6.45, 7) is 3.87. The lowest BCUT2D eigenvalue weighted by molar-refractivity contribution is -0.138. The molecule has 20 heavy (non-hydrogen) atoms. The van der Waals surface area contributed by atoms with Gasteiger partial charge in [0.2, 0.25) is 16.0 Å². The molecule has 0 radical (unpaired) electrons. The number of hydrogen-bond acceptors (Lipinski definition) is 5. The Kier molecular flexibility index (Phi) is 4.46. The van der Waals surface area contributed by atoms with Crippen LogP contribution in [0.4, 0.5) is 18.3 Å². The molecular weight excluding hydrogens is 293 g/mol. The molecule has 2 heterocycles. The quantitative estimate of drug-likeness (QED) is 0.857. The van der Waals surface area contributed by atoms with Crippen LogP contribution in [-0.2, 0) is 11.0 Å². The Balaban J connectivity index is 2.09. The number of carbonyl (C=O) groups is 1. The first-order valence-corrected chi connectivity index (χ1v) is 7.17. The molecule has 0 spiro atoms. The van der Waals surface area contributed by atoms with Gasteiger partial charge in [0.05, 0.1) is 6.54 Å². The minimum absolute atomic E-state index is 0.0620. The maximum atomic E-state index is 12.5. The van der Waals surface area contributed by atoms with E-state index in [1.54, 1.807) is 9.80 Å². The first-order chi connectivity index (χ1) is 9.41. The molecule has 1 aromatic heterocycles. The number of anilines is 1. The van der Waals surface area contributed by atoms with Crippen molar-refractivity contribution in [1.82, 2.24) is 15.1 Å². The number of amides is 1. The third-order valence-corrected chi connectivity index (χ3v) is 3.98. The minimum Gasteiger partial charge on any atom is -0.341 e. The Labute approximate surface area is 118 Å². The lowest BCUT2D eigenvalue weighted by atomic mass is 10.3. The summed E-state index contributed by atoms with van der Waals surface area (Å²) in [5, 5.41) is 5.89. The van der Waals surface area contributed by atoms with E-state index in [1.807, 2.05) is 6.92 Å². The van der Waals surface area contributed by atoms with E-state index in [0.717, 1.165) is 6.42 Å². The smallest absolute Gasteiger partial charge is 0.341 e. The van der Waals surface area contributed by atoms with Crippen LogP contribution in [0.1, 0.15) is 24.8 Å². The summed E-state index contributed by atoms with van der Waals surface area (Å²) in [7, 11) is 0. The van der Waals surface area contributed by atoms with E-state index in [2.05, 4.69) is 10.2 Å². The van der Waals surface area contributed by atoms with Crippen molar-refractivity contribution in [3.8, 4) is 0 Å². The van der Waals surface area contributed by atoms with E-state index in [4.69, 9.17) is 0 Å². The lowest BCUT2D eigenvalue weighted by Gasteiger charge is -2.20. The van der Waals surface area contributed by atoms with Crippen molar-refractivity contribution in [2.24, 2.45) is 0 Å². The predicted octanol–water partition coefficient (Wildman–Crippen LogP) is 2.01. The summed E-state index contributed by atoms with van der Waals surface area (Å²) < 4.78 is 37.5. The van der Waals surface area contributed by atoms with Crippen molar-refractivity contribution < 1.29 is 18.0 Å². The lowest BCUT2D eigenvalue weighted by Crippen LogP contribution is -2.37. The van der Waals surface area contributed by atoms with Crippen LogP contribution in [0.15, 0.2) is 0 Å². The van der Waals surface area contributed by atoms with Crippen molar-refractivity contribution in [2.75, 3.05) is 31.1 Å². The van der Waals surface area contributed by atoms with Crippen LogP contribution in [0.5, 0.6) is 0 Å². The van der Waals surface area contributed by atoms with Gasteiger partial charge in [0, 0.05) is 19.6 Å². The number of alkyl halides is 3. The van der Waals surface area contributed by atoms with Crippen molar-refractivity contribution in [2.45, 2.75) is 25.9 Å². The Hall–Kier alpha value is -1.38. The van der Waals surface area contributed by atoms with Crippen LogP contribution in [0, 0.1) is 0 Å². The van der Waals surface area contributed by atoms with Gasteiger partial charge in [-0.15, -0.1) is 10.2 Å². The van der Waals surface area contributed by atoms with Crippen molar-refractivity contribution in [1.29, 1.82) is 0 Å². The number of nitrogens with zero attached hydrogens (tertiary/aromatic N) is 4. The van der Waals surface area contributed by atoms with E-state index < -0.39 is 11.2 Å². The second-order valence-electron chi connectivity index (χ2n) is 4.54. The third-order valence-electron chi connectivity index (χ3n) is 2.96. The summed E-state index contributed by atoms with van der Waals surface area (Å²) in [6.07, 6.45) is -2.91. The molecule has 1 amide bonds. The molecule has 0 aromatic carbocycles. The second-order valence-corrected chi connectivity index (χ2v) is 5.50. The highest BCUT2D eigenvalue weighted by Gasteiger charge is 2.36. The zero-order valence-corrected chi connectivity index (χ0v) is 11.8. The average Bonchev–Trinajstić information content (AvgIpc) is 2.79. The van der Waals surface area contributed by atoms with Crippen molar-refractivity contribution >= 4 is 22.4 Å². The molecule has 1 saturated heterocycles. The molecule has 0 saturated carbocycles. The number of halogens is 3. The second kappa shape index (κ2) is 5.94. The van der Waals surface area contributed by atoms with Crippen LogP contribution in [-0.4, -0.2) is 47.2 Å². The SMILES string of the molecule is CCCN1CCCN(c2nnc(C(F)(F)F)s2)CC1=O. The standard InChI is InChI=1S/C11H15F3N4OS/c1-2-4-17-5-3-6-18(7-8(17)19)10-16-15-9(20-10)11(12,13)14/h2-7H2,1H3. The van der Waals surface area contributed by atoms with Gasteiger partial charge in [-0.25, -0.2) is 0 Å². The first kappa shape index (κ1) is 15.0. The fourth-order valence-corrected chi connectivity index (χ4v) is 2.78. The molecule has 0 aliphatic carbocycles. The van der Waals surface area contributed by atoms with E-state index in [9.17, 15) is 18.0 Å². The summed E-state index contributed by atoms with van der Waals surface area (Å²) in [4.78, 5) is 15.3. The Morgan fingerprint density at radius 3 is 2.65 bits per heavy atom. The summed E-state index contributed by atoms with van der Waals surface area (Å²) in [6, 6.07) is 0. The third kappa shape index (κ3) is 3.38.